The highest BCUT2D eigenvalue weighted by molar-refractivity contribution is 5.79. The van der Waals surface area contributed by atoms with E-state index in [4.69, 9.17) is 5.73 Å². The first kappa shape index (κ1) is 11.0. The summed E-state index contributed by atoms with van der Waals surface area (Å²) in [5.74, 6) is -0.215. The van der Waals surface area contributed by atoms with E-state index in [0.29, 0.717) is 0 Å². The zero-order valence-electron chi connectivity index (χ0n) is 8.70. The van der Waals surface area contributed by atoms with Gasteiger partial charge in [0.1, 0.15) is 0 Å². The van der Waals surface area contributed by atoms with Gasteiger partial charge in [0.15, 0.2) is 0 Å². The minimum Gasteiger partial charge on any atom is -0.368 e. The van der Waals surface area contributed by atoms with Crippen molar-refractivity contribution in [3.63, 3.8) is 0 Å². The number of carbonyl (C=O) groups excluding carboxylic acids is 1. The van der Waals surface area contributed by atoms with Crippen molar-refractivity contribution in [2.45, 2.75) is 25.3 Å². The standard InChI is InChI=1S/C11H18N2O/c1-3-5-9-6-4-7-10(11(12)14)13(2)8-9/h3,5,10H,1,4,6-8H2,2H3,(H2,12,14)/b9-5+/t10-/m1/s1. The van der Waals surface area contributed by atoms with Crippen LogP contribution >= 0.6 is 0 Å². The van der Waals surface area contributed by atoms with Gasteiger partial charge >= 0.3 is 0 Å². The van der Waals surface area contributed by atoms with E-state index in [1.807, 2.05) is 18.0 Å². The molecule has 0 saturated carbocycles. The van der Waals surface area contributed by atoms with E-state index < -0.39 is 0 Å². The van der Waals surface area contributed by atoms with Crippen molar-refractivity contribution in [1.29, 1.82) is 0 Å². The summed E-state index contributed by atoms with van der Waals surface area (Å²) in [6.07, 6.45) is 6.76. The lowest BCUT2D eigenvalue weighted by Gasteiger charge is -2.22. The van der Waals surface area contributed by atoms with Crippen LogP contribution in [0.2, 0.25) is 0 Å². The molecule has 1 amide bonds. The summed E-state index contributed by atoms with van der Waals surface area (Å²) in [4.78, 5) is 13.1. The van der Waals surface area contributed by atoms with Crippen molar-refractivity contribution in [2.75, 3.05) is 13.6 Å². The van der Waals surface area contributed by atoms with Crippen molar-refractivity contribution in [3.8, 4) is 0 Å². The molecule has 0 aliphatic carbocycles. The highest BCUT2D eigenvalue weighted by Crippen LogP contribution is 2.19. The van der Waals surface area contributed by atoms with Crippen LogP contribution in [0.3, 0.4) is 0 Å². The van der Waals surface area contributed by atoms with Gasteiger partial charge in [0.2, 0.25) is 5.91 Å². The van der Waals surface area contributed by atoms with Gasteiger partial charge in [-0.2, -0.15) is 0 Å². The molecule has 1 atom stereocenters. The summed E-state index contributed by atoms with van der Waals surface area (Å²) in [6.45, 7) is 4.50. The molecule has 0 aromatic carbocycles. The van der Waals surface area contributed by atoms with Gasteiger partial charge in [-0.25, -0.2) is 0 Å². The predicted molar refractivity (Wildman–Crippen MR) is 57.7 cm³/mol. The number of hydrogen-bond acceptors (Lipinski definition) is 2. The molecule has 3 heteroatoms. The normalized spacial score (nSPS) is 27.2. The van der Waals surface area contributed by atoms with Crippen LogP contribution < -0.4 is 5.73 Å². The lowest BCUT2D eigenvalue weighted by atomic mass is 10.1. The number of likely N-dealkylation sites (N-methyl/N-ethyl adjacent to an activating group) is 1. The molecule has 2 N–H and O–H groups in total. The van der Waals surface area contributed by atoms with Crippen LogP contribution in [0.15, 0.2) is 24.3 Å². The predicted octanol–water partition coefficient (Wildman–Crippen LogP) is 1.07. The fourth-order valence-corrected chi connectivity index (χ4v) is 1.91. The van der Waals surface area contributed by atoms with E-state index >= 15 is 0 Å². The van der Waals surface area contributed by atoms with E-state index in [-0.39, 0.29) is 11.9 Å². The fraction of sp³-hybridized carbons (Fsp3) is 0.545. The van der Waals surface area contributed by atoms with Gasteiger partial charge in [0.25, 0.3) is 0 Å². The second-order valence-corrected chi connectivity index (χ2v) is 3.79. The number of nitrogens with zero attached hydrogens (tertiary/aromatic N) is 1. The number of carbonyl (C=O) groups is 1. The summed E-state index contributed by atoms with van der Waals surface area (Å²) in [5.41, 5.74) is 6.65. The topological polar surface area (TPSA) is 46.3 Å². The molecule has 78 valence electrons. The number of hydrogen-bond donors (Lipinski definition) is 1. The van der Waals surface area contributed by atoms with Crippen molar-refractivity contribution in [1.82, 2.24) is 4.90 Å². The lowest BCUT2D eigenvalue weighted by molar-refractivity contribution is -0.122. The molecule has 1 aliphatic heterocycles. The van der Waals surface area contributed by atoms with E-state index in [2.05, 4.69) is 6.58 Å². The quantitative estimate of drug-likeness (QED) is 0.714. The number of primary amides is 1. The molecule has 0 unspecified atom stereocenters. The number of likely N-dealkylation sites (tertiary alicyclic amines) is 1. The highest BCUT2D eigenvalue weighted by atomic mass is 16.1. The van der Waals surface area contributed by atoms with Gasteiger partial charge in [-0.3, -0.25) is 9.69 Å². The van der Waals surface area contributed by atoms with E-state index in [9.17, 15) is 4.79 Å². The Balaban J connectivity index is 2.70. The third-order valence-corrected chi connectivity index (χ3v) is 2.64. The van der Waals surface area contributed by atoms with Crippen LogP contribution in [0.4, 0.5) is 0 Å². The SMILES string of the molecule is C=C/C=C1\CCC[C@H](C(N)=O)N(C)C1. The molecular formula is C11H18N2O. The Labute approximate surface area is 85.3 Å². The molecule has 0 bridgehead atoms. The molecule has 1 aliphatic rings. The molecule has 1 heterocycles. The van der Waals surface area contributed by atoms with Gasteiger partial charge in [0, 0.05) is 6.54 Å². The van der Waals surface area contributed by atoms with Gasteiger partial charge < -0.3 is 5.73 Å². The molecule has 0 aromatic heterocycles. The summed E-state index contributed by atoms with van der Waals surface area (Å²) in [5, 5.41) is 0. The molecule has 14 heavy (non-hydrogen) atoms. The first-order chi connectivity index (χ1) is 6.65. The summed E-state index contributed by atoms with van der Waals surface area (Å²) in [6, 6.07) is -0.106. The average molecular weight is 194 g/mol. The van der Waals surface area contributed by atoms with E-state index in [1.54, 1.807) is 6.08 Å². The second kappa shape index (κ2) is 4.96. The first-order valence-electron chi connectivity index (χ1n) is 4.95. The Bertz CT molecular complexity index is 258. The van der Waals surface area contributed by atoms with E-state index in [0.717, 1.165) is 25.8 Å². The Morgan fingerprint density at radius 3 is 3.00 bits per heavy atom. The highest BCUT2D eigenvalue weighted by Gasteiger charge is 2.23. The van der Waals surface area contributed by atoms with Crippen LogP contribution in [0.25, 0.3) is 0 Å². The summed E-state index contributed by atoms with van der Waals surface area (Å²) < 4.78 is 0. The first-order valence-corrected chi connectivity index (χ1v) is 4.95. The second-order valence-electron chi connectivity index (χ2n) is 3.79. The molecule has 3 nitrogen and oxygen atoms in total. The third kappa shape index (κ3) is 2.70. The Morgan fingerprint density at radius 1 is 1.71 bits per heavy atom. The molecule has 1 rings (SSSR count). The molecule has 1 saturated heterocycles. The lowest BCUT2D eigenvalue weighted by Crippen LogP contribution is -2.42. The van der Waals surface area contributed by atoms with Crippen LogP contribution in [0.1, 0.15) is 19.3 Å². The Kier molecular flexibility index (Phi) is 3.89. The minimum absolute atomic E-state index is 0.106. The maximum Gasteiger partial charge on any atom is 0.234 e. The number of nitrogens with two attached hydrogens (primary N) is 1. The number of allylic oxidation sites excluding steroid dienone is 2. The fourth-order valence-electron chi connectivity index (χ4n) is 1.91. The minimum atomic E-state index is -0.215. The van der Waals surface area contributed by atoms with E-state index in [1.165, 1.54) is 5.57 Å². The van der Waals surface area contributed by atoms with Gasteiger partial charge in [-0.1, -0.05) is 24.3 Å². The molecule has 0 aromatic rings. The summed E-state index contributed by atoms with van der Waals surface area (Å²) in [7, 11) is 1.94. The Morgan fingerprint density at radius 2 is 2.43 bits per heavy atom. The number of rotatable bonds is 2. The molecular weight excluding hydrogens is 176 g/mol. The zero-order valence-corrected chi connectivity index (χ0v) is 8.70. The monoisotopic (exact) mass is 194 g/mol. The Hall–Kier alpha value is -1.09. The van der Waals surface area contributed by atoms with Gasteiger partial charge in [-0.05, 0) is 26.3 Å². The van der Waals surface area contributed by atoms with Crippen LogP contribution in [0, 0.1) is 0 Å². The van der Waals surface area contributed by atoms with Crippen LogP contribution in [-0.2, 0) is 4.79 Å². The van der Waals surface area contributed by atoms with Crippen molar-refractivity contribution in [2.24, 2.45) is 5.73 Å². The summed E-state index contributed by atoms with van der Waals surface area (Å²) >= 11 is 0. The van der Waals surface area contributed by atoms with Gasteiger partial charge in [0.05, 0.1) is 6.04 Å². The third-order valence-electron chi connectivity index (χ3n) is 2.64. The maximum absolute atomic E-state index is 11.1. The smallest absolute Gasteiger partial charge is 0.234 e. The molecule has 1 fully saturated rings. The van der Waals surface area contributed by atoms with Crippen molar-refractivity contribution < 1.29 is 4.79 Å². The maximum atomic E-state index is 11.1. The van der Waals surface area contributed by atoms with Crippen LogP contribution in [-0.4, -0.2) is 30.4 Å². The van der Waals surface area contributed by atoms with Crippen molar-refractivity contribution in [3.05, 3.63) is 24.3 Å². The zero-order chi connectivity index (χ0) is 10.6. The molecule has 0 radical (unpaired) electrons. The average Bonchev–Trinajstić information content (AvgIpc) is 2.27. The number of amides is 1. The van der Waals surface area contributed by atoms with Crippen molar-refractivity contribution >= 4 is 5.91 Å². The van der Waals surface area contributed by atoms with Crippen LogP contribution in [0.5, 0.6) is 0 Å². The van der Waals surface area contributed by atoms with Gasteiger partial charge in [-0.15, -0.1) is 0 Å². The largest absolute Gasteiger partial charge is 0.368 e. The molecule has 0 spiro atoms.